The van der Waals surface area contributed by atoms with Crippen molar-refractivity contribution in [3.63, 3.8) is 0 Å². The molecule has 24 heavy (non-hydrogen) atoms. The average molecular weight is 334 g/mol. The van der Waals surface area contributed by atoms with Gasteiger partial charge in [0.1, 0.15) is 0 Å². The van der Waals surface area contributed by atoms with E-state index in [1.54, 1.807) is 17.1 Å². The molecule has 1 aromatic heterocycles. The second-order valence-electron chi connectivity index (χ2n) is 7.36. The number of carbonyl (C=O) groups is 2. The van der Waals surface area contributed by atoms with Crippen LogP contribution >= 0.6 is 0 Å². The van der Waals surface area contributed by atoms with E-state index in [-0.39, 0.29) is 30.6 Å². The number of hydrogen-bond donors (Lipinski definition) is 2. The topological polar surface area (TPSA) is 87.5 Å². The Morgan fingerprint density at radius 3 is 2.67 bits per heavy atom. The number of nitrogens with zero attached hydrogens (tertiary/aromatic N) is 3. The van der Waals surface area contributed by atoms with Gasteiger partial charge in [-0.1, -0.05) is 0 Å². The summed E-state index contributed by atoms with van der Waals surface area (Å²) >= 11 is 0. The van der Waals surface area contributed by atoms with Crippen LogP contribution in [-0.2, 0) is 4.79 Å². The highest BCUT2D eigenvalue weighted by molar-refractivity contribution is 5.93. The van der Waals surface area contributed by atoms with Crippen molar-refractivity contribution in [1.82, 2.24) is 20.0 Å². The van der Waals surface area contributed by atoms with E-state index >= 15 is 0 Å². The van der Waals surface area contributed by atoms with E-state index in [1.807, 2.05) is 13.8 Å². The molecule has 7 nitrogen and oxygen atoms in total. The molecule has 132 valence electrons. The molecule has 0 bridgehead atoms. The molecule has 0 unspecified atom stereocenters. The Bertz CT molecular complexity index is 603. The van der Waals surface area contributed by atoms with Crippen LogP contribution in [-0.4, -0.2) is 56.8 Å². The zero-order valence-electron chi connectivity index (χ0n) is 14.3. The van der Waals surface area contributed by atoms with Gasteiger partial charge in [0.2, 0.25) is 0 Å². The average Bonchev–Trinajstić information content (AvgIpc) is 3.13. The van der Waals surface area contributed by atoms with Crippen molar-refractivity contribution in [2.45, 2.75) is 57.7 Å². The maximum absolute atomic E-state index is 12.3. The lowest BCUT2D eigenvalue weighted by Crippen LogP contribution is -2.55. The van der Waals surface area contributed by atoms with Crippen LogP contribution in [0.25, 0.3) is 0 Å². The molecule has 0 saturated heterocycles. The third kappa shape index (κ3) is 4.14. The van der Waals surface area contributed by atoms with Crippen molar-refractivity contribution >= 4 is 11.9 Å². The first-order chi connectivity index (χ1) is 11.4. The lowest BCUT2D eigenvalue weighted by molar-refractivity contribution is -0.139. The van der Waals surface area contributed by atoms with Crippen LogP contribution in [0.3, 0.4) is 0 Å². The summed E-state index contributed by atoms with van der Waals surface area (Å²) in [5.74, 6) is -0.207. The molecular weight excluding hydrogens is 308 g/mol. The molecule has 0 radical (unpaired) electrons. The minimum atomic E-state index is -0.774. The molecule has 2 aliphatic rings. The summed E-state index contributed by atoms with van der Waals surface area (Å²) in [6.07, 6.45) is 7.43. The quantitative estimate of drug-likeness (QED) is 0.753. The molecule has 1 heterocycles. The molecule has 3 rings (SSSR count). The first kappa shape index (κ1) is 17.0. The number of amides is 1. The number of carboxylic acids is 1. The molecule has 7 heteroatoms. The molecule has 1 amide bonds. The normalized spacial score (nSPS) is 23.3. The molecule has 0 aromatic carbocycles. The Kier molecular flexibility index (Phi) is 4.89. The molecule has 2 fully saturated rings. The summed E-state index contributed by atoms with van der Waals surface area (Å²) in [5, 5.41) is 16.3. The first-order valence-corrected chi connectivity index (χ1v) is 8.73. The Morgan fingerprint density at radius 2 is 2.12 bits per heavy atom. The number of aromatic nitrogens is 2. The number of aliphatic carboxylic acids is 1. The van der Waals surface area contributed by atoms with Crippen LogP contribution in [0.1, 0.15) is 55.9 Å². The lowest BCUT2D eigenvalue weighted by atomic mass is 9.85. The third-order valence-electron chi connectivity index (χ3n) is 4.89. The van der Waals surface area contributed by atoms with E-state index in [9.17, 15) is 9.59 Å². The van der Waals surface area contributed by atoms with Crippen molar-refractivity contribution in [2.75, 3.05) is 13.1 Å². The zero-order valence-corrected chi connectivity index (χ0v) is 14.3. The van der Waals surface area contributed by atoms with Gasteiger partial charge in [-0.25, -0.2) is 0 Å². The van der Waals surface area contributed by atoms with Gasteiger partial charge in [-0.05, 0) is 45.4 Å². The smallest absolute Gasteiger partial charge is 0.317 e. The molecular formula is C17H26N4O3. The second kappa shape index (κ2) is 6.93. The zero-order chi connectivity index (χ0) is 17.3. The van der Waals surface area contributed by atoms with E-state index in [0.29, 0.717) is 11.5 Å². The summed E-state index contributed by atoms with van der Waals surface area (Å²) in [7, 11) is 0. The van der Waals surface area contributed by atoms with Crippen molar-refractivity contribution in [2.24, 2.45) is 5.92 Å². The SMILES string of the molecule is CC(C)n1cc(C(=O)NC2CC(N(CC(=O)O)CC3CC3)C2)cn1. The highest BCUT2D eigenvalue weighted by atomic mass is 16.4. The number of hydrogen-bond acceptors (Lipinski definition) is 4. The largest absolute Gasteiger partial charge is 0.480 e. The van der Waals surface area contributed by atoms with Gasteiger partial charge in [0.25, 0.3) is 5.91 Å². The van der Waals surface area contributed by atoms with Gasteiger partial charge in [-0.3, -0.25) is 19.2 Å². The predicted molar refractivity (Wildman–Crippen MR) is 88.8 cm³/mol. The monoisotopic (exact) mass is 334 g/mol. The number of rotatable bonds is 8. The summed E-state index contributed by atoms with van der Waals surface area (Å²) in [4.78, 5) is 25.4. The second-order valence-corrected chi connectivity index (χ2v) is 7.36. The summed E-state index contributed by atoms with van der Waals surface area (Å²) in [6.45, 7) is 5.01. The van der Waals surface area contributed by atoms with Gasteiger partial charge in [0, 0.05) is 30.9 Å². The fourth-order valence-corrected chi connectivity index (χ4v) is 3.16. The Balaban J connectivity index is 1.47. The van der Waals surface area contributed by atoms with Crippen molar-refractivity contribution in [3.8, 4) is 0 Å². The molecule has 2 N–H and O–H groups in total. The van der Waals surface area contributed by atoms with E-state index in [2.05, 4.69) is 15.3 Å². The number of carbonyl (C=O) groups excluding carboxylic acids is 1. The first-order valence-electron chi connectivity index (χ1n) is 8.73. The highest BCUT2D eigenvalue weighted by Crippen LogP contribution is 2.33. The van der Waals surface area contributed by atoms with E-state index in [1.165, 1.54) is 12.8 Å². The van der Waals surface area contributed by atoms with Gasteiger partial charge in [0.15, 0.2) is 0 Å². The minimum Gasteiger partial charge on any atom is -0.480 e. The molecule has 0 spiro atoms. The maximum atomic E-state index is 12.3. The summed E-state index contributed by atoms with van der Waals surface area (Å²) in [6, 6.07) is 0.623. The van der Waals surface area contributed by atoms with E-state index < -0.39 is 5.97 Å². The van der Waals surface area contributed by atoms with Crippen LogP contribution in [0.4, 0.5) is 0 Å². The van der Waals surface area contributed by atoms with Gasteiger partial charge in [0.05, 0.1) is 18.3 Å². The highest BCUT2D eigenvalue weighted by Gasteiger charge is 2.37. The van der Waals surface area contributed by atoms with Gasteiger partial charge >= 0.3 is 5.97 Å². The van der Waals surface area contributed by atoms with E-state index in [0.717, 1.165) is 19.4 Å². The lowest BCUT2D eigenvalue weighted by Gasteiger charge is -2.42. The summed E-state index contributed by atoms with van der Waals surface area (Å²) in [5.41, 5.74) is 0.576. The summed E-state index contributed by atoms with van der Waals surface area (Å²) < 4.78 is 1.77. The Morgan fingerprint density at radius 1 is 1.42 bits per heavy atom. The fourth-order valence-electron chi connectivity index (χ4n) is 3.16. The van der Waals surface area contributed by atoms with E-state index in [4.69, 9.17) is 5.11 Å². The van der Waals surface area contributed by atoms with Crippen LogP contribution in [0.2, 0.25) is 0 Å². The van der Waals surface area contributed by atoms with Crippen LogP contribution in [0.15, 0.2) is 12.4 Å². The predicted octanol–water partition coefficient (Wildman–Crippen LogP) is 1.52. The van der Waals surface area contributed by atoms with Crippen molar-refractivity contribution in [1.29, 1.82) is 0 Å². The molecule has 0 aliphatic heterocycles. The fraction of sp³-hybridized carbons (Fsp3) is 0.706. The standard InChI is InChI=1S/C17H26N4O3/c1-11(2)21-9-13(7-18-21)17(24)19-14-5-15(6-14)20(10-16(22)23)8-12-3-4-12/h7,9,11-12,14-15H,3-6,8,10H2,1-2H3,(H,19,24)(H,22,23). The van der Waals surface area contributed by atoms with Crippen molar-refractivity contribution in [3.05, 3.63) is 18.0 Å². The Hall–Kier alpha value is -1.89. The van der Waals surface area contributed by atoms with Crippen LogP contribution in [0.5, 0.6) is 0 Å². The molecule has 2 saturated carbocycles. The third-order valence-corrected chi connectivity index (χ3v) is 4.89. The minimum absolute atomic E-state index is 0.0997. The van der Waals surface area contributed by atoms with Gasteiger partial charge < -0.3 is 10.4 Å². The number of carboxylic acid groups (broad SMARTS) is 1. The van der Waals surface area contributed by atoms with Crippen LogP contribution < -0.4 is 5.32 Å². The van der Waals surface area contributed by atoms with Crippen molar-refractivity contribution < 1.29 is 14.7 Å². The van der Waals surface area contributed by atoms with Crippen LogP contribution in [0, 0.1) is 5.92 Å². The van der Waals surface area contributed by atoms with Gasteiger partial charge in [-0.15, -0.1) is 0 Å². The maximum Gasteiger partial charge on any atom is 0.317 e. The van der Waals surface area contributed by atoms with Gasteiger partial charge in [-0.2, -0.15) is 5.10 Å². The molecule has 1 aromatic rings. The molecule has 0 atom stereocenters. The number of nitrogens with one attached hydrogen (secondary N) is 1. The molecule has 2 aliphatic carbocycles. The Labute approximate surface area is 142 Å².